The lowest BCUT2D eigenvalue weighted by Crippen LogP contribution is -2.21. The van der Waals surface area contributed by atoms with E-state index in [2.05, 4.69) is 54.5 Å². The van der Waals surface area contributed by atoms with Gasteiger partial charge in [0.25, 0.3) is 0 Å². The van der Waals surface area contributed by atoms with Gasteiger partial charge in [-0.2, -0.15) is 0 Å². The van der Waals surface area contributed by atoms with Gasteiger partial charge in [-0.15, -0.1) is 0 Å². The standard InChI is InChI=1S/C17H21ClN2/c1-3-19-12-15-10-7-11-16(18)17(15)20(2)13-14-8-5-4-6-9-14/h4-11,19H,3,12-13H2,1-2H3. The quantitative estimate of drug-likeness (QED) is 0.861. The summed E-state index contributed by atoms with van der Waals surface area (Å²) in [6.45, 7) is 4.75. The molecule has 0 bridgehead atoms. The highest BCUT2D eigenvalue weighted by molar-refractivity contribution is 6.33. The second-order valence-electron chi connectivity index (χ2n) is 4.87. The van der Waals surface area contributed by atoms with Crippen LogP contribution in [-0.2, 0) is 13.1 Å². The Labute approximate surface area is 126 Å². The summed E-state index contributed by atoms with van der Waals surface area (Å²) >= 11 is 6.40. The summed E-state index contributed by atoms with van der Waals surface area (Å²) in [7, 11) is 2.09. The first-order valence-electron chi connectivity index (χ1n) is 6.95. The molecule has 0 unspecified atom stereocenters. The monoisotopic (exact) mass is 288 g/mol. The fraction of sp³-hybridized carbons (Fsp3) is 0.294. The van der Waals surface area contributed by atoms with Crippen LogP contribution < -0.4 is 10.2 Å². The SMILES string of the molecule is CCNCc1cccc(Cl)c1N(C)Cc1ccccc1. The molecule has 0 aliphatic carbocycles. The third-order valence-electron chi connectivity index (χ3n) is 3.28. The zero-order valence-corrected chi connectivity index (χ0v) is 12.8. The second-order valence-corrected chi connectivity index (χ2v) is 5.28. The van der Waals surface area contributed by atoms with Crippen molar-refractivity contribution in [2.75, 3.05) is 18.5 Å². The second kappa shape index (κ2) is 7.32. The van der Waals surface area contributed by atoms with Crippen LogP contribution in [0.3, 0.4) is 0 Å². The van der Waals surface area contributed by atoms with Gasteiger partial charge >= 0.3 is 0 Å². The molecule has 0 saturated carbocycles. The van der Waals surface area contributed by atoms with E-state index in [4.69, 9.17) is 11.6 Å². The molecular weight excluding hydrogens is 268 g/mol. The van der Waals surface area contributed by atoms with E-state index in [-0.39, 0.29) is 0 Å². The van der Waals surface area contributed by atoms with Crippen LogP contribution in [0.25, 0.3) is 0 Å². The van der Waals surface area contributed by atoms with Crippen molar-refractivity contribution in [1.29, 1.82) is 0 Å². The first-order valence-corrected chi connectivity index (χ1v) is 7.33. The molecule has 2 rings (SSSR count). The lowest BCUT2D eigenvalue weighted by atomic mass is 10.1. The number of halogens is 1. The predicted molar refractivity (Wildman–Crippen MR) is 87.4 cm³/mol. The Bertz CT molecular complexity index is 540. The normalized spacial score (nSPS) is 10.6. The molecule has 2 nitrogen and oxygen atoms in total. The smallest absolute Gasteiger partial charge is 0.0642 e. The number of hydrogen-bond donors (Lipinski definition) is 1. The van der Waals surface area contributed by atoms with Gasteiger partial charge in [0.1, 0.15) is 0 Å². The van der Waals surface area contributed by atoms with Gasteiger partial charge < -0.3 is 10.2 Å². The first-order chi connectivity index (χ1) is 9.72. The Balaban J connectivity index is 2.21. The number of para-hydroxylation sites is 1. The van der Waals surface area contributed by atoms with Crippen LogP contribution >= 0.6 is 11.6 Å². The van der Waals surface area contributed by atoms with E-state index in [0.717, 1.165) is 30.3 Å². The van der Waals surface area contributed by atoms with E-state index < -0.39 is 0 Å². The van der Waals surface area contributed by atoms with Crippen LogP contribution in [0.1, 0.15) is 18.1 Å². The summed E-state index contributed by atoms with van der Waals surface area (Å²) in [5.74, 6) is 0. The largest absolute Gasteiger partial charge is 0.369 e. The van der Waals surface area contributed by atoms with Crippen LogP contribution in [-0.4, -0.2) is 13.6 Å². The molecule has 0 radical (unpaired) electrons. The Morgan fingerprint density at radius 3 is 2.50 bits per heavy atom. The molecular formula is C17H21ClN2. The summed E-state index contributed by atoms with van der Waals surface area (Å²) in [6, 6.07) is 16.5. The van der Waals surface area contributed by atoms with Crippen molar-refractivity contribution in [3.05, 3.63) is 64.7 Å². The third kappa shape index (κ3) is 3.75. The van der Waals surface area contributed by atoms with Crippen LogP contribution in [0.15, 0.2) is 48.5 Å². The van der Waals surface area contributed by atoms with E-state index >= 15 is 0 Å². The van der Waals surface area contributed by atoms with Gasteiger partial charge in [-0.25, -0.2) is 0 Å². The number of hydrogen-bond acceptors (Lipinski definition) is 2. The van der Waals surface area contributed by atoms with Crippen molar-refractivity contribution in [2.24, 2.45) is 0 Å². The van der Waals surface area contributed by atoms with Crippen molar-refractivity contribution >= 4 is 17.3 Å². The molecule has 0 fully saturated rings. The van der Waals surface area contributed by atoms with Gasteiger partial charge in [0.15, 0.2) is 0 Å². The van der Waals surface area contributed by atoms with Gasteiger partial charge in [0, 0.05) is 20.1 Å². The molecule has 106 valence electrons. The molecule has 0 saturated heterocycles. The van der Waals surface area contributed by atoms with E-state index in [1.807, 2.05) is 18.2 Å². The van der Waals surface area contributed by atoms with Crippen LogP contribution in [0.5, 0.6) is 0 Å². The molecule has 2 aromatic carbocycles. The summed E-state index contributed by atoms with van der Waals surface area (Å²) in [5.41, 5.74) is 3.63. The van der Waals surface area contributed by atoms with Crippen LogP contribution in [0, 0.1) is 0 Å². The number of rotatable bonds is 6. The lowest BCUT2D eigenvalue weighted by molar-refractivity contribution is 0.723. The van der Waals surface area contributed by atoms with Crippen molar-refractivity contribution in [1.82, 2.24) is 5.32 Å². The van der Waals surface area contributed by atoms with E-state index in [0.29, 0.717) is 0 Å². The maximum Gasteiger partial charge on any atom is 0.0642 e. The topological polar surface area (TPSA) is 15.3 Å². The average molecular weight is 289 g/mol. The molecule has 0 spiro atoms. The minimum Gasteiger partial charge on any atom is -0.369 e. The molecule has 1 N–H and O–H groups in total. The molecule has 0 amide bonds. The predicted octanol–water partition coefficient (Wildman–Crippen LogP) is 4.09. The summed E-state index contributed by atoms with van der Waals surface area (Å²) < 4.78 is 0. The highest BCUT2D eigenvalue weighted by Gasteiger charge is 2.11. The highest BCUT2D eigenvalue weighted by atomic mass is 35.5. The van der Waals surface area contributed by atoms with Crippen molar-refractivity contribution in [2.45, 2.75) is 20.0 Å². The minimum absolute atomic E-state index is 0.804. The maximum absolute atomic E-state index is 6.40. The zero-order valence-electron chi connectivity index (χ0n) is 12.1. The van der Waals surface area contributed by atoms with Crippen LogP contribution in [0.4, 0.5) is 5.69 Å². The van der Waals surface area contributed by atoms with E-state index in [1.165, 1.54) is 11.1 Å². The summed E-state index contributed by atoms with van der Waals surface area (Å²) in [4.78, 5) is 2.21. The molecule has 0 atom stereocenters. The molecule has 2 aromatic rings. The molecule has 0 aliphatic heterocycles. The zero-order chi connectivity index (χ0) is 14.4. The van der Waals surface area contributed by atoms with Gasteiger partial charge in [-0.3, -0.25) is 0 Å². The molecule has 0 aliphatic rings. The first kappa shape index (κ1) is 14.9. The summed E-state index contributed by atoms with van der Waals surface area (Å²) in [6.07, 6.45) is 0. The van der Waals surface area contributed by atoms with E-state index in [9.17, 15) is 0 Å². The fourth-order valence-corrected chi connectivity index (χ4v) is 2.66. The van der Waals surface area contributed by atoms with Crippen molar-refractivity contribution in [3.8, 4) is 0 Å². The highest BCUT2D eigenvalue weighted by Crippen LogP contribution is 2.30. The van der Waals surface area contributed by atoms with E-state index in [1.54, 1.807) is 0 Å². The number of benzene rings is 2. The van der Waals surface area contributed by atoms with Gasteiger partial charge in [0.05, 0.1) is 10.7 Å². The van der Waals surface area contributed by atoms with Gasteiger partial charge in [-0.05, 0) is 23.7 Å². The summed E-state index contributed by atoms with van der Waals surface area (Å²) in [5, 5.41) is 4.17. The molecule has 0 heterocycles. The van der Waals surface area contributed by atoms with Gasteiger partial charge in [0.2, 0.25) is 0 Å². The Hall–Kier alpha value is -1.51. The van der Waals surface area contributed by atoms with Crippen LogP contribution in [0.2, 0.25) is 5.02 Å². The molecule has 0 aromatic heterocycles. The molecule has 3 heteroatoms. The lowest BCUT2D eigenvalue weighted by Gasteiger charge is -2.24. The Kier molecular flexibility index (Phi) is 5.45. The van der Waals surface area contributed by atoms with Crippen molar-refractivity contribution < 1.29 is 0 Å². The third-order valence-corrected chi connectivity index (χ3v) is 3.59. The Morgan fingerprint density at radius 2 is 1.80 bits per heavy atom. The van der Waals surface area contributed by atoms with Gasteiger partial charge in [-0.1, -0.05) is 61.0 Å². The van der Waals surface area contributed by atoms with Crippen molar-refractivity contribution in [3.63, 3.8) is 0 Å². The number of anilines is 1. The fourth-order valence-electron chi connectivity index (χ4n) is 2.33. The minimum atomic E-state index is 0.804. The number of nitrogens with zero attached hydrogens (tertiary/aromatic N) is 1. The maximum atomic E-state index is 6.40. The average Bonchev–Trinajstić information content (AvgIpc) is 2.46. The molecule has 20 heavy (non-hydrogen) atoms. The number of nitrogens with one attached hydrogen (secondary N) is 1. The Morgan fingerprint density at radius 1 is 1.05 bits per heavy atom.